The molecule has 0 atom stereocenters. The van der Waals surface area contributed by atoms with Crippen LogP contribution in [0.15, 0.2) is 25.3 Å². The Labute approximate surface area is 86.5 Å². The topological polar surface area (TPSA) is 32.3 Å². The van der Waals surface area contributed by atoms with Crippen LogP contribution in [0.5, 0.6) is 0 Å². The quantitative estimate of drug-likeness (QED) is 0.620. The molecular formula is C11H20N2O. The van der Waals surface area contributed by atoms with Crippen LogP contribution in [0.2, 0.25) is 0 Å². The van der Waals surface area contributed by atoms with Crippen LogP contribution >= 0.6 is 0 Å². The second-order valence-corrected chi connectivity index (χ2v) is 3.41. The van der Waals surface area contributed by atoms with Gasteiger partial charge in [-0.2, -0.15) is 0 Å². The second kappa shape index (κ2) is 7.33. The first kappa shape index (κ1) is 12.9. The molecule has 0 radical (unpaired) electrons. The highest BCUT2D eigenvalue weighted by molar-refractivity contribution is 5.78. The molecule has 0 aromatic carbocycles. The molecule has 0 aromatic heterocycles. The molecule has 14 heavy (non-hydrogen) atoms. The largest absolute Gasteiger partial charge is 0.334 e. The molecular weight excluding hydrogens is 176 g/mol. The van der Waals surface area contributed by atoms with E-state index in [0.29, 0.717) is 25.7 Å². The summed E-state index contributed by atoms with van der Waals surface area (Å²) in [4.78, 5) is 13.3. The molecule has 0 saturated carbocycles. The normalized spacial score (nSPS) is 9.93. The molecule has 0 heterocycles. The maximum Gasteiger partial charge on any atom is 0.237 e. The van der Waals surface area contributed by atoms with Crippen LogP contribution < -0.4 is 5.32 Å². The first-order chi connectivity index (χ1) is 6.61. The summed E-state index contributed by atoms with van der Waals surface area (Å²) >= 11 is 0. The predicted octanol–water partition coefficient (Wildman–Crippen LogP) is 1.18. The Hall–Kier alpha value is -1.09. The summed E-state index contributed by atoms with van der Waals surface area (Å²) in [6.45, 7) is 12.8. The Morgan fingerprint density at radius 2 is 1.86 bits per heavy atom. The van der Waals surface area contributed by atoms with Crippen molar-refractivity contribution in [2.75, 3.05) is 19.6 Å². The summed E-state index contributed by atoms with van der Waals surface area (Å²) in [5.41, 5.74) is 0. The van der Waals surface area contributed by atoms with Crippen LogP contribution in [0.25, 0.3) is 0 Å². The fraction of sp³-hybridized carbons (Fsp3) is 0.545. The zero-order valence-corrected chi connectivity index (χ0v) is 9.12. The van der Waals surface area contributed by atoms with Gasteiger partial charge in [0.25, 0.3) is 0 Å². The van der Waals surface area contributed by atoms with Gasteiger partial charge >= 0.3 is 0 Å². The van der Waals surface area contributed by atoms with E-state index in [4.69, 9.17) is 0 Å². The van der Waals surface area contributed by atoms with Gasteiger partial charge in [-0.05, 0) is 0 Å². The van der Waals surface area contributed by atoms with E-state index in [9.17, 15) is 4.79 Å². The van der Waals surface area contributed by atoms with Crippen LogP contribution in [0, 0.1) is 0 Å². The van der Waals surface area contributed by atoms with E-state index in [-0.39, 0.29) is 5.91 Å². The van der Waals surface area contributed by atoms with Crippen LogP contribution in [0.1, 0.15) is 13.8 Å². The van der Waals surface area contributed by atoms with Crippen molar-refractivity contribution in [3.8, 4) is 0 Å². The molecule has 3 nitrogen and oxygen atoms in total. The van der Waals surface area contributed by atoms with Gasteiger partial charge in [-0.3, -0.25) is 4.79 Å². The van der Waals surface area contributed by atoms with Gasteiger partial charge in [0, 0.05) is 19.1 Å². The van der Waals surface area contributed by atoms with Crippen molar-refractivity contribution in [2.45, 2.75) is 19.9 Å². The Balaban J connectivity index is 4.00. The summed E-state index contributed by atoms with van der Waals surface area (Å²) in [5, 5.41) is 3.08. The summed E-state index contributed by atoms with van der Waals surface area (Å²) < 4.78 is 0. The number of nitrogens with one attached hydrogen (secondary N) is 1. The fourth-order valence-corrected chi connectivity index (χ4v) is 0.993. The maximum atomic E-state index is 11.6. The monoisotopic (exact) mass is 196 g/mol. The molecule has 0 fully saturated rings. The molecule has 0 bridgehead atoms. The lowest BCUT2D eigenvalue weighted by atomic mass is 10.3. The lowest BCUT2D eigenvalue weighted by molar-refractivity contribution is -0.129. The average Bonchev–Trinajstić information content (AvgIpc) is 2.14. The summed E-state index contributed by atoms with van der Waals surface area (Å²) in [5.74, 6) is 0.0819. The lowest BCUT2D eigenvalue weighted by Gasteiger charge is -2.20. The highest BCUT2D eigenvalue weighted by Gasteiger charge is 2.09. The zero-order valence-electron chi connectivity index (χ0n) is 9.12. The highest BCUT2D eigenvalue weighted by atomic mass is 16.2. The second-order valence-electron chi connectivity index (χ2n) is 3.41. The molecule has 0 spiro atoms. The molecule has 0 aliphatic rings. The van der Waals surface area contributed by atoms with E-state index in [1.165, 1.54) is 0 Å². The smallest absolute Gasteiger partial charge is 0.237 e. The first-order valence-corrected chi connectivity index (χ1v) is 4.84. The molecule has 0 saturated heterocycles. The molecule has 3 heteroatoms. The van der Waals surface area contributed by atoms with Gasteiger partial charge in [0.2, 0.25) is 5.91 Å². The van der Waals surface area contributed by atoms with Crippen molar-refractivity contribution < 1.29 is 4.79 Å². The number of amides is 1. The van der Waals surface area contributed by atoms with E-state index in [1.807, 2.05) is 13.8 Å². The zero-order chi connectivity index (χ0) is 11.0. The van der Waals surface area contributed by atoms with E-state index in [1.54, 1.807) is 17.1 Å². The van der Waals surface area contributed by atoms with Crippen molar-refractivity contribution in [1.29, 1.82) is 0 Å². The molecule has 0 aliphatic heterocycles. The van der Waals surface area contributed by atoms with Crippen molar-refractivity contribution in [1.82, 2.24) is 10.2 Å². The fourth-order valence-electron chi connectivity index (χ4n) is 0.993. The maximum absolute atomic E-state index is 11.6. The van der Waals surface area contributed by atoms with Gasteiger partial charge in [0.15, 0.2) is 0 Å². The lowest BCUT2D eigenvalue weighted by Crippen LogP contribution is -2.40. The standard InChI is InChI=1S/C11H20N2O/c1-5-7-13(8-6-2)11(14)9-12-10(3)4/h5-6,10,12H,1-2,7-9H2,3-4H3. The van der Waals surface area contributed by atoms with Crippen molar-refractivity contribution in [3.63, 3.8) is 0 Å². The minimum absolute atomic E-state index is 0.0819. The third-order valence-electron chi connectivity index (χ3n) is 1.71. The molecule has 0 unspecified atom stereocenters. The van der Waals surface area contributed by atoms with Gasteiger partial charge < -0.3 is 10.2 Å². The van der Waals surface area contributed by atoms with Crippen molar-refractivity contribution >= 4 is 5.91 Å². The van der Waals surface area contributed by atoms with E-state index < -0.39 is 0 Å². The number of carbonyl (C=O) groups excluding carboxylic acids is 1. The Bertz CT molecular complexity index is 189. The molecule has 1 amide bonds. The van der Waals surface area contributed by atoms with Crippen LogP contribution in [0.3, 0.4) is 0 Å². The van der Waals surface area contributed by atoms with Crippen molar-refractivity contribution in [3.05, 3.63) is 25.3 Å². The number of nitrogens with zero attached hydrogens (tertiary/aromatic N) is 1. The highest BCUT2D eigenvalue weighted by Crippen LogP contribution is 1.91. The average molecular weight is 196 g/mol. The Morgan fingerprint density at radius 1 is 1.36 bits per heavy atom. The van der Waals surface area contributed by atoms with Gasteiger partial charge in [0.1, 0.15) is 0 Å². The Morgan fingerprint density at radius 3 is 2.21 bits per heavy atom. The SMILES string of the molecule is C=CCN(CC=C)C(=O)CNC(C)C. The third kappa shape index (κ3) is 5.54. The predicted molar refractivity (Wildman–Crippen MR) is 60.1 cm³/mol. The molecule has 0 aliphatic carbocycles. The van der Waals surface area contributed by atoms with Gasteiger partial charge in [0.05, 0.1) is 6.54 Å². The van der Waals surface area contributed by atoms with Crippen LogP contribution in [0.4, 0.5) is 0 Å². The van der Waals surface area contributed by atoms with Gasteiger partial charge in [-0.25, -0.2) is 0 Å². The summed E-state index contributed by atoms with van der Waals surface area (Å²) in [6.07, 6.45) is 3.44. The minimum Gasteiger partial charge on any atom is -0.334 e. The third-order valence-corrected chi connectivity index (χ3v) is 1.71. The van der Waals surface area contributed by atoms with Crippen molar-refractivity contribution in [2.24, 2.45) is 0 Å². The van der Waals surface area contributed by atoms with Crippen LogP contribution in [-0.2, 0) is 4.79 Å². The van der Waals surface area contributed by atoms with E-state index in [0.717, 1.165) is 0 Å². The Kier molecular flexibility index (Phi) is 6.76. The number of carbonyl (C=O) groups is 1. The molecule has 80 valence electrons. The first-order valence-electron chi connectivity index (χ1n) is 4.84. The summed E-state index contributed by atoms with van der Waals surface area (Å²) in [7, 11) is 0. The summed E-state index contributed by atoms with van der Waals surface area (Å²) in [6, 6.07) is 0.327. The molecule has 0 aromatic rings. The van der Waals surface area contributed by atoms with Gasteiger partial charge in [-0.1, -0.05) is 26.0 Å². The van der Waals surface area contributed by atoms with E-state index >= 15 is 0 Å². The molecule has 1 N–H and O–H groups in total. The van der Waals surface area contributed by atoms with Crippen LogP contribution in [-0.4, -0.2) is 36.5 Å². The minimum atomic E-state index is 0.0819. The number of hydrogen-bond acceptors (Lipinski definition) is 2. The van der Waals surface area contributed by atoms with Gasteiger partial charge in [-0.15, -0.1) is 13.2 Å². The number of rotatable bonds is 7. The number of hydrogen-bond donors (Lipinski definition) is 1. The molecule has 0 rings (SSSR count). The van der Waals surface area contributed by atoms with E-state index in [2.05, 4.69) is 18.5 Å².